The summed E-state index contributed by atoms with van der Waals surface area (Å²) in [5.74, 6) is 0.223. The van der Waals surface area contributed by atoms with Crippen LogP contribution in [0.2, 0.25) is 0 Å². The standard InChI is InChI=1S/C17H31N3O2/c1-15(21)18-10-5-9-17(22)20-12-6-11-19(13-14-20)16-7-3-2-4-8-16/h16H,2-14H2,1H3,(H,18,21). The Kier molecular flexibility index (Phi) is 7.16. The first-order chi connectivity index (χ1) is 10.7. The zero-order chi connectivity index (χ0) is 15.8. The van der Waals surface area contributed by atoms with E-state index in [4.69, 9.17) is 0 Å². The molecule has 2 fully saturated rings. The fraction of sp³-hybridized carbons (Fsp3) is 0.882. The third-order valence-corrected chi connectivity index (χ3v) is 4.92. The molecular weight excluding hydrogens is 278 g/mol. The monoisotopic (exact) mass is 309 g/mol. The quantitative estimate of drug-likeness (QED) is 0.788. The van der Waals surface area contributed by atoms with Crippen molar-refractivity contribution in [3.63, 3.8) is 0 Å². The van der Waals surface area contributed by atoms with Crippen molar-refractivity contribution >= 4 is 11.8 Å². The Labute approximate surface area is 134 Å². The summed E-state index contributed by atoms with van der Waals surface area (Å²) in [7, 11) is 0. The van der Waals surface area contributed by atoms with Gasteiger partial charge in [-0.1, -0.05) is 19.3 Å². The minimum Gasteiger partial charge on any atom is -0.356 e. The molecule has 2 aliphatic rings. The SMILES string of the molecule is CC(=O)NCCCC(=O)N1CCCN(C2CCCCC2)CC1. The van der Waals surface area contributed by atoms with Gasteiger partial charge in [0.2, 0.25) is 11.8 Å². The molecule has 0 radical (unpaired) electrons. The number of amides is 2. The second-order valence-corrected chi connectivity index (χ2v) is 6.65. The summed E-state index contributed by atoms with van der Waals surface area (Å²) in [4.78, 5) is 27.7. The number of rotatable bonds is 5. The topological polar surface area (TPSA) is 52.7 Å². The van der Waals surface area contributed by atoms with Crippen LogP contribution < -0.4 is 5.32 Å². The summed E-state index contributed by atoms with van der Waals surface area (Å²) in [6, 6.07) is 0.753. The average Bonchev–Trinajstić information content (AvgIpc) is 2.78. The summed E-state index contributed by atoms with van der Waals surface area (Å²) in [6.45, 7) is 6.04. The Morgan fingerprint density at radius 1 is 1.00 bits per heavy atom. The predicted molar refractivity (Wildman–Crippen MR) is 87.6 cm³/mol. The van der Waals surface area contributed by atoms with Gasteiger partial charge in [-0.05, 0) is 25.7 Å². The van der Waals surface area contributed by atoms with Crippen molar-refractivity contribution in [3.05, 3.63) is 0 Å². The van der Waals surface area contributed by atoms with Crippen LogP contribution in [-0.4, -0.2) is 60.4 Å². The summed E-state index contributed by atoms with van der Waals surface area (Å²) in [6.07, 6.45) is 9.18. The summed E-state index contributed by atoms with van der Waals surface area (Å²) in [5, 5.41) is 2.75. The molecular formula is C17H31N3O2. The van der Waals surface area contributed by atoms with E-state index in [2.05, 4.69) is 10.2 Å². The minimum atomic E-state index is -0.0228. The molecule has 126 valence electrons. The van der Waals surface area contributed by atoms with Crippen molar-refractivity contribution in [1.82, 2.24) is 15.1 Å². The van der Waals surface area contributed by atoms with Gasteiger partial charge in [0.05, 0.1) is 0 Å². The van der Waals surface area contributed by atoms with Gasteiger partial charge in [0.1, 0.15) is 0 Å². The van der Waals surface area contributed by atoms with E-state index in [1.165, 1.54) is 39.0 Å². The number of carbonyl (C=O) groups excluding carboxylic acids is 2. The fourth-order valence-corrected chi connectivity index (χ4v) is 3.66. The van der Waals surface area contributed by atoms with Gasteiger partial charge in [0.15, 0.2) is 0 Å². The van der Waals surface area contributed by atoms with E-state index in [1.807, 2.05) is 4.90 Å². The molecule has 0 aromatic heterocycles. The Morgan fingerprint density at radius 3 is 2.50 bits per heavy atom. The first kappa shape index (κ1) is 17.3. The van der Waals surface area contributed by atoms with Crippen LogP contribution in [0, 0.1) is 0 Å². The van der Waals surface area contributed by atoms with Crippen molar-refractivity contribution in [3.8, 4) is 0 Å². The van der Waals surface area contributed by atoms with E-state index < -0.39 is 0 Å². The fourth-order valence-electron chi connectivity index (χ4n) is 3.66. The lowest BCUT2D eigenvalue weighted by Crippen LogP contribution is -2.40. The van der Waals surface area contributed by atoms with E-state index in [9.17, 15) is 9.59 Å². The van der Waals surface area contributed by atoms with Gasteiger partial charge in [-0.25, -0.2) is 0 Å². The minimum absolute atomic E-state index is 0.0228. The molecule has 1 N–H and O–H groups in total. The molecule has 0 atom stereocenters. The number of nitrogens with one attached hydrogen (secondary N) is 1. The number of carbonyl (C=O) groups is 2. The van der Waals surface area contributed by atoms with E-state index in [0.717, 1.165) is 45.1 Å². The number of hydrogen-bond acceptors (Lipinski definition) is 3. The van der Waals surface area contributed by atoms with Crippen LogP contribution in [0.3, 0.4) is 0 Å². The average molecular weight is 309 g/mol. The zero-order valence-electron chi connectivity index (χ0n) is 14.0. The third-order valence-electron chi connectivity index (χ3n) is 4.92. The van der Waals surface area contributed by atoms with E-state index in [0.29, 0.717) is 13.0 Å². The molecule has 1 aliphatic carbocycles. The Balaban J connectivity index is 1.70. The molecule has 0 bridgehead atoms. The van der Waals surface area contributed by atoms with E-state index >= 15 is 0 Å². The predicted octanol–water partition coefficient (Wildman–Crippen LogP) is 1.77. The van der Waals surface area contributed by atoms with Gasteiger partial charge in [0, 0.05) is 52.1 Å². The Morgan fingerprint density at radius 2 is 1.77 bits per heavy atom. The molecule has 22 heavy (non-hydrogen) atoms. The maximum atomic E-state index is 12.3. The molecule has 1 saturated carbocycles. The highest BCUT2D eigenvalue weighted by Gasteiger charge is 2.24. The molecule has 2 amide bonds. The summed E-state index contributed by atoms with van der Waals surface area (Å²) >= 11 is 0. The molecule has 2 rings (SSSR count). The van der Waals surface area contributed by atoms with Crippen LogP contribution >= 0.6 is 0 Å². The van der Waals surface area contributed by atoms with Crippen molar-refractivity contribution < 1.29 is 9.59 Å². The Hall–Kier alpha value is -1.10. The first-order valence-electron chi connectivity index (χ1n) is 8.93. The van der Waals surface area contributed by atoms with Crippen LogP contribution in [0.25, 0.3) is 0 Å². The summed E-state index contributed by atoms with van der Waals surface area (Å²) < 4.78 is 0. The lowest BCUT2D eigenvalue weighted by atomic mass is 9.94. The van der Waals surface area contributed by atoms with Crippen molar-refractivity contribution in [2.24, 2.45) is 0 Å². The van der Waals surface area contributed by atoms with Gasteiger partial charge >= 0.3 is 0 Å². The zero-order valence-corrected chi connectivity index (χ0v) is 14.0. The molecule has 0 unspecified atom stereocenters. The highest BCUT2D eigenvalue weighted by molar-refractivity contribution is 5.76. The lowest BCUT2D eigenvalue weighted by Gasteiger charge is -2.33. The second-order valence-electron chi connectivity index (χ2n) is 6.65. The number of hydrogen-bond donors (Lipinski definition) is 1. The summed E-state index contributed by atoms with van der Waals surface area (Å²) in [5.41, 5.74) is 0. The van der Waals surface area contributed by atoms with Crippen molar-refractivity contribution in [1.29, 1.82) is 0 Å². The molecule has 1 saturated heterocycles. The highest BCUT2D eigenvalue weighted by Crippen LogP contribution is 2.23. The van der Waals surface area contributed by atoms with Gasteiger partial charge < -0.3 is 10.2 Å². The van der Waals surface area contributed by atoms with E-state index in [-0.39, 0.29) is 11.8 Å². The Bertz CT molecular complexity index is 367. The molecule has 0 aromatic rings. The van der Waals surface area contributed by atoms with Gasteiger partial charge in [0.25, 0.3) is 0 Å². The molecule has 5 nitrogen and oxygen atoms in total. The molecule has 1 heterocycles. The van der Waals surface area contributed by atoms with Gasteiger partial charge in [-0.15, -0.1) is 0 Å². The maximum absolute atomic E-state index is 12.3. The van der Waals surface area contributed by atoms with Crippen LogP contribution in [0.1, 0.15) is 58.3 Å². The third kappa shape index (κ3) is 5.59. The molecule has 0 aromatic carbocycles. The van der Waals surface area contributed by atoms with E-state index in [1.54, 1.807) is 0 Å². The second kappa shape index (κ2) is 9.13. The smallest absolute Gasteiger partial charge is 0.222 e. The lowest BCUT2D eigenvalue weighted by molar-refractivity contribution is -0.131. The van der Waals surface area contributed by atoms with Crippen LogP contribution in [0.4, 0.5) is 0 Å². The maximum Gasteiger partial charge on any atom is 0.222 e. The highest BCUT2D eigenvalue weighted by atomic mass is 16.2. The number of nitrogens with zero attached hydrogens (tertiary/aromatic N) is 2. The molecule has 0 spiro atoms. The van der Waals surface area contributed by atoms with Crippen LogP contribution in [-0.2, 0) is 9.59 Å². The van der Waals surface area contributed by atoms with Gasteiger partial charge in [-0.2, -0.15) is 0 Å². The van der Waals surface area contributed by atoms with Gasteiger partial charge in [-0.3, -0.25) is 14.5 Å². The van der Waals surface area contributed by atoms with Crippen LogP contribution in [0.15, 0.2) is 0 Å². The normalized spacial score (nSPS) is 21.4. The largest absolute Gasteiger partial charge is 0.356 e. The van der Waals surface area contributed by atoms with Crippen molar-refractivity contribution in [2.45, 2.75) is 64.3 Å². The van der Waals surface area contributed by atoms with Crippen LogP contribution in [0.5, 0.6) is 0 Å². The molecule has 1 aliphatic heterocycles. The molecule has 5 heteroatoms. The van der Waals surface area contributed by atoms with Crippen molar-refractivity contribution in [2.75, 3.05) is 32.7 Å². The first-order valence-corrected chi connectivity index (χ1v) is 8.93.